The van der Waals surface area contributed by atoms with Crippen molar-refractivity contribution in [2.45, 2.75) is 51.4 Å². The van der Waals surface area contributed by atoms with Crippen molar-refractivity contribution < 1.29 is 9.90 Å². The Labute approximate surface area is 154 Å². The maximum absolute atomic E-state index is 12.5. The monoisotopic (exact) mass is 347 g/mol. The molecule has 26 heavy (non-hydrogen) atoms. The fourth-order valence-electron chi connectivity index (χ4n) is 6.14. The average Bonchev–Trinajstić information content (AvgIpc) is 2.96. The van der Waals surface area contributed by atoms with Crippen LogP contribution in [-0.2, 0) is 11.2 Å². The molecule has 2 aromatic rings. The molecule has 1 aromatic heterocycles. The second-order valence-electron chi connectivity index (χ2n) is 8.64. The van der Waals surface area contributed by atoms with Crippen LogP contribution in [-0.4, -0.2) is 15.9 Å². The first-order chi connectivity index (χ1) is 12.6. The number of carbonyl (C=O) groups is 1. The standard InChI is InChI=1S/C23H25NO2/c1-23-9-6-16-17(20(23)4-5-22(23)26)3-2-15-12-21(25)19(13-18(15)16)14-7-10-24-11-8-14/h7-8,10-13,16-17,20,25H,2-6,9H2,1H3/t16-,17+,20-,23-/m0/s1. The van der Waals surface area contributed by atoms with E-state index < -0.39 is 0 Å². The summed E-state index contributed by atoms with van der Waals surface area (Å²) in [5.41, 5.74) is 4.55. The Morgan fingerprint density at radius 3 is 2.73 bits per heavy atom. The van der Waals surface area contributed by atoms with Crippen LogP contribution in [0.15, 0.2) is 36.7 Å². The van der Waals surface area contributed by atoms with E-state index in [1.165, 1.54) is 11.1 Å². The van der Waals surface area contributed by atoms with Gasteiger partial charge in [-0.25, -0.2) is 0 Å². The minimum Gasteiger partial charge on any atom is -0.507 e. The van der Waals surface area contributed by atoms with E-state index in [0.717, 1.165) is 49.7 Å². The van der Waals surface area contributed by atoms with Gasteiger partial charge < -0.3 is 5.11 Å². The van der Waals surface area contributed by atoms with Gasteiger partial charge in [-0.1, -0.05) is 6.92 Å². The highest BCUT2D eigenvalue weighted by Gasteiger charge is 2.54. The summed E-state index contributed by atoms with van der Waals surface area (Å²) in [7, 11) is 0. The number of aromatic hydroxyl groups is 1. The number of phenolic OH excluding ortho intramolecular Hbond substituents is 1. The molecule has 0 radical (unpaired) electrons. The molecule has 5 rings (SSSR count). The third kappa shape index (κ3) is 2.19. The van der Waals surface area contributed by atoms with Crippen LogP contribution >= 0.6 is 0 Å². The van der Waals surface area contributed by atoms with Crippen molar-refractivity contribution in [1.29, 1.82) is 0 Å². The van der Waals surface area contributed by atoms with Gasteiger partial charge in [-0.3, -0.25) is 9.78 Å². The van der Waals surface area contributed by atoms with E-state index in [1.54, 1.807) is 12.4 Å². The zero-order valence-corrected chi connectivity index (χ0v) is 15.2. The Bertz CT molecular complexity index is 875. The van der Waals surface area contributed by atoms with Gasteiger partial charge in [0.05, 0.1) is 0 Å². The molecule has 0 spiro atoms. The van der Waals surface area contributed by atoms with Gasteiger partial charge in [-0.15, -0.1) is 0 Å². The number of rotatable bonds is 1. The highest BCUT2D eigenvalue weighted by atomic mass is 16.3. The summed E-state index contributed by atoms with van der Waals surface area (Å²) in [5.74, 6) is 2.55. The predicted octanol–water partition coefficient (Wildman–Crippen LogP) is 4.88. The number of carbonyl (C=O) groups excluding carboxylic acids is 1. The molecule has 1 N–H and O–H groups in total. The van der Waals surface area contributed by atoms with Gasteiger partial charge in [0.1, 0.15) is 11.5 Å². The molecule has 0 aliphatic heterocycles. The largest absolute Gasteiger partial charge is 0.507 e. The molecule has 1 heterocycles. The van der Waals surface area contributed by atoms with Crippen LogP contribution in [0, 0.1) is 17.3 Å². The molecule has 2 saturated carbocycles. The first-order valence-electron chi connectivity index (χ1n) is 9.87. The van der Waals surface area contributed by atoms with Crippen molar-refractivity contribution in [2.24, 2.45) is 17.3 Å². The first-order valence-corrected chi connectivity index (χ1v) is 9.87. The molecule has 4 atom stereocenters. The normalized spacial score (nSPS) is 32.7. The molecule has 0 amide bonds. The maximum Gasteiger partial charge on any atom is 0.139 e. The Kier molecular flexibility index (Phi) is 3.50. The molecule has 2 fully saturated rings. The molecule has 1 aromatic carbocycles. The minimum atomic E-state index is -0.0798. The average molecular weight is 347 g/mol. The molecule has 3 nitrogen and oxygen atoms in total. The number of fused-ring (bicyclic) bond motifs is 5. The molecule has 0 saturated heterocycles. The van der Waals surface area contributed by atoms with Crippen molar-refractivity contribution in [1.82, 2.24) is 4.98 Å². The number of benzene rings is 1. The molecule has 3 aliphatic rings. The number of aromatic nitrogens is 1. The summed E-state index contributed by atoms with van der Waals surface area (Å²) in [4.78, 5) is 16.6. The SMILES string of the molecule is C[C@]12CC[C@@H]3c4cc(-c5ccncc5)c(O)cc4CC[C@H]3[C@@H]1CCC2=O. The van der Waals surface area contributed by atoms with Gasteiger partial charge in [0.15, 0.2) is 0 Å². The van der Waals surface area contributed by atoms with Crippen LogP contribution < -0.4 is 0 Å². The summed E-state index contributed by atoms with van der Waals surface area (Å²) >= 11 is 0. The molecular weight excluding hydrogens is 322 g/mol. The van der Waals surface area contributed by atoms with Gasteiger partial charge >= 0.3 is 0 Å². The lowest BCUT2D eigenvalue weighted by Crippen LogP contribution is -2.42. The lowest BCUT2D eigenvalue weighted by Gasteiger charge is -2.48. The van der Waals surface area contributed by atoms with Gasteiger partial charge in [0.2, 0.25) is 0 Å². The van der Waals surface area contributed by atoms with Gasteiger partial charge in [-0.2, -0.15) is 0 Å². The van der Waals surface area contributed by atoms with Crippen LogP contribution in [0.1, 0.15) is 56.1 Å². The number of phenols is 1. The van der Waals surface area contributed by atoms with E-state index in [-0.39, 0.29) is 5.41 Å². The molecule has 134 valence electrons. The van der Waals surface area contributed by atoms with Gasteiger partial charge in [-0.05, 0) is 90.8 Å². The third-order valence-electron chi connectivity index (χ3n) is 7.54. The Balaban J connectivity index is 1.57. The minimum absolute atomic E-state index is 0.0798. The van der Waals surface area contributed by atoms with E-state index in [9.17, 15) is 9.90 Å². The zero-order valence-electron chi connectivity index (χ0n) is 15.2. The number of hydrogen-bond acceptors (Lipinski definition) is 3. The number of ketones is 1. The molecular formula is C23H25NO2. The number of Topliss-reactive ketones (excluding diaryl/α,β-unsaturated/α-hetero) is 1. The summed E-state index contributed by atoms with van der Waals surface area (Å²) in [6.45, 7) is 2.22. The predicted molar refractivity (Wildman–Crippen MR) is 101 cm³/mol. The Morgan fingerprint density at radius 1 is 1.12 bits per heavy atom. The highest BCUT2D eigenvalue weighted by molar-refractivity contribution is 5.87. The van der Waals surface area contributed by atoms with Crippen molar-refractivity contribution in [3.8, 4) is 16.9 Å². The lowest BCUT2D eigenvalue weighted by molar-refractivity contribution is -0.129. The second-order valence-corrected chi connectivity index (χ2v) is 8.64. The van der Waals surface area contributed by atoms with Crippen LogP contribution in [0.2, 0.25) is 0 Å². The van der Waals surface area contributed by atoms with Crippen LogP contribution in [0.3, 0.4) is 0 Å². The van der Waals surface area contributed by atoms with Crippen molar-refractivity contribution in [3.05, 3.63) is 47.8 Å². The van der Waals surface area contributed by atoms with E-state index in [1.807, 2.05) is 18.2 Å². The van der Waals surface area contributed by atoms with Crippen molar-refractivity contribution in [2.75, 3.05) is 0 Å². The van der Waals surface area contributed by atoms with E-state index in [4.69, 9.17) is 0 Å². The summed E-state index contributed by atoms with van der Waals surface area (Å²) < 4.78 is 0. The van der Waals surface area contributed by atoms with E-state index in [0.29, 0.717) is 29.3 Å². The van der Waals surface area contributed by atoms with Gasteiger partial charge in [0.25, 0.3) is 0 Å². The number of aryl methyl sites for hydroxylation is 1. The van der Waals surface area contributed by atoms with Crippen LogP contribution in [0.5, 0.6) is 5.75 Å². The number of nitrogens with zero attached hydrogens (tertiary/aromatic N) is 1. The van der Waals surface area contributed by atoms with Gasteiger partial charge in [0, 0.05) is 29.8 Å². The highest BCUT2D eigenvalue weighted by Crippen LogP contribution is 2.60. The quantitative estimate of drug-likeness (QED) is 0.800. The summed E-state index contributed by atoms with van der Waals surface area (Å²) in [6, 6.07) is 8.11. The lowest BCUT2D eigenvalue weighted by atomic mass is 9.55. The smallest absolute Gasteiger partial charge is 0.139 e. The zero-order chi connectivity index (χ0) is 17.9. The molecule has 0 bridgehead atoms. The summed E-state index contributed by atoms with van der Waals surface area (Å²) in [6.07, 6.45) is 9.66. The molecule has 0 unspecified atom stereocenters. The number of hydrogen-bond donors (Lipinski definition) is 1. The van der Waals surface area contributed by atoms with E-state index >= 15 is 0 Å². The number of pyridine rings is 1. The first kappa shape index (κ1) is 16.0. The van der Waals surface area contributed by atoms with Crippen molar-refractivity contribution in [3.63, 3.8) is 0 Å². The Hall–Kier alpha value is -2.16. The fourth-order valence-corrected chi connectivity index (χ4v) is 6.14. The topological polar surface area (TPSA) is 50.2 Å². The summed E-state index contributed by atoms with van der Waals surface area (Å²) in [5, 5.41) is 10.6. The van der Waals surface area contributed by atoms with Crippen molar-refractivity contribution >= 4 is 5.78 Å². The molecule has 3 aliphatic carbocycles. The maximum atomic E-state index is 12.5. The van der Waals surface area contributed by atoms with Crippen LogP contribution in [0.4, 0.5) is 0 Å². The second kappa shape index (κ2) is 5.67. The fraction of sp³-hybridized carbons (Fsp3) is 0.478. The van der Waals surface area contributed by atoms with Crippen LogP contribution in [0.25, 0.3) is 11.1 Å². The van der Waals surface area contributed by atoms with E-state index in [2.05, 4.69) is 18.0 Å². The third-order valence-corrected chi connectivity index (χ3v) is 7.54. The molecule has 3 heteroatoms. The Morgan fingerprint density at radius 2 is 1.92 bits per heavy atom.